The molecule has 1 unspecified atom stereocenters. The Morgan fingerprint density at radius 1 is 1.18 bits per heavy atom. The zero-order valence-corrected chi connectivity index (χ0v) is 23.6. The number of ether oxygens (including phenoxy) is 1. The van der Waals surface area contributed by atoms with Crippen molar-refractivity contribution in [2.45, 2.75) is 39.3 Å². The third kappa shape index (κ3) is 5.29. The topological polar surface area (TPSA) is 100 Å². The maximum absolute atomic E-state index is 15.1. The van der Waals surface area contributed by atoms with Crippen molar-refractivity contribution in [2.24, 2.45) is 0 Å². The van der Waals surface area contributed by atoms with E-state index in [0.29, 0.717) is 63.6 Å². The monoisotopic (exact) mass is 591 g/mol. The molecule has 1 atom stereocenters. The molecule has 0 spiro atoms. The molecule has 1 aliphatic rings. The Morgan fingerprint density at radius 3 is 2.64 bits per heavy atom. The van der Waals surface area contributed by atoms with E-state index in [1.807, 2.05) is 27.7 Å². The SMILES string of the molecule is CC1CN(C(=O)OC(C)(C)C)CCN1c1ncnc2c1c(-c1ccccc1F)cn2-c1cc(C#N)cc(Br)n1. The number of fused-ring (bicyclic) bond motifs is 1. The van der Waals surface area contributed by atoms with Crippen molar-refractivity contribution in [1.29, 1.82) is 5.26 Å². The molecule has 0 N–H and O–H groups in total. The lowest BCUT2D eigenvalue weighted by Gasteiger charge is -2.41. The normalized spacial score (nSPS) is 15.9. The molecule has 9 nitrogen and oxygen atoms in total. The molecule has 1 aromatic carbocycles. The summed E-state index contributed by atoms with van der Waals surface area (Å²) in [5.41, 5.74) is 1.35. The first-order valence-corrected chi connectivity index (χ1v) is 13.3. The van der Waals surface area contributed by atoms with Gasteiger partial charge >= 0.3 is 6.09 Å². The molecule has 1 amide bonds. The number of piperazine rings is 1. The number of aromatic nitrogens is 4. The Hall–Kier alpha value is -4.04. The van der Waals surface area contributed by atoms with E-state index < -0.39 is 5.60 Å². The Morgan fingerprint density at radius 2 is 1.95 bits per heavy atom. The van der Waals surface area contributed by atoms with Crippen LogP contribution in [0.2, 0.25) is 0 Å². The van der Waals surface area contributed by atoms with Gasteiger partial charge in [0.05, 0.1) is 17.0 Å². The molecule has 11 heteroatoms. The van der Waals surface area contributed by atoms with Crippen LogP contribution in [0.1, 0.15) is 33.3 Å². The van der Waals surface area contributed by atoms with Gasteiger partial charge in [0.1, 0.15) is 34.0 Å². The summed E-state index contributed by atoms with van der Waals surface area (Å²) in [5, 5.41) is 10.2. The summed E-state index contributed by atoms with van der Waals surface area (Å²) in [6, 6.07) is 11.9. The van der Waals surface area contributed by atoms with Crippen molar-refractivity contribution in [3.05, 3.63) is 64.9 Å². The van der Waals surface area contributed by atoms with Gasteiger partial charge in [-0.25, -0.2) is 24.1 Å². The quantitative estimate of drug-likeness (QED) is 0.282. The molecular formula is C28H27BrFN7O2. The van der Waals surface area contributed by atoms with Crippen LogP contribution in [0.25, 0.3) is 28.0 Å². The van der Waals surface area contributed by atoms with Gasteiger partial charge in [-0.05, 0) is 61.8 Å². The van der Waals surface area contributed by atoms with Gasteiger partial charge in [0.2, 0.25) is 0 Å². The average Bonchev–Trinajstić information content (AvgIpc) is 3.27. The molecule has 0 aliphatic carbocycles. The van der Waals surface area contributed by atoms with E-state index in [-0.39, 0.29) is 18.0 Å². The fraction of sp³-hybridized carbons (Fsp3) is 0.321. The Labute approximate surface area is 234 Å². The van der Waals surface area contributed by atoms with Crippen LogP contribution in [0.4, 0.5) is 15.0 Å². The van der Waals surface area contributed by atoms with Crippen LogP contribution in [0.5, 0.6) is 0 Å². The van der Waals surface area contributed by atoms with Crippen molar-refractivity contribution in [3.63, 3.8) is 0 Å². The largest absolute Gasteiger partial charge is 0.444 e. The standard InChI is InChI=1S/C28H27BrFN7O2/c1-17-14-35(27(38)39-28(2,3)4)9-10-36(17)25-24-20(19-7-5-6-8-21(19)30)15-37(26(24)33-16-32-25)23-12-18(13-31)11-22(29)34-23/h5-8,11-12,15-17H,9-10,14H2,1-4H3. The Balaban J connectivity index is 1.63. The van der Waals surface area contributed by atoms with Gasteiger partial charge in [-0.1, -0.05) is 18.2 Å². The van der Waals surface area contributed by atoms with Crippen LogP contribution >= 0.6 is 15.9 Å². The first kappa shape index (κ1) is 26.6. The summed E-state index contributed by atoms with van der Waals surface area (Å²) in [4.78, 5) is 30.3. The van der Waals surface area contributed by atoms with Gasteiger partial charge in [0.15, 0.2) is 5.65 Å². The van der Waals surface area contributed by atoms with Crippen LogP contribution in [0.3, 0.4) is 0 Å². The molecule has 5 rings (SSSR count). The lowest BCUT2D eigenvalue weighted by atomic mass is 10.0. The highest BCUT2D eigenvalue weighted by Crippen LogP contribution is 2.38. The molecular weight excluding hydrogens is 565 g/mol. The number of pyridine rings is 1. The van der Waals surface area contributed by atoms with Crippen LogP contribution < -0.4 is 4.90 Å². The van der Waals surface area contributed by atoms with Crippen LogP contribution in [0.15, 0.2) is 53.5 Å². The van der Waals surface area contributed by atoms with E-state index in [4.69, 9.17) is 4.74 Å². The number of hydrogen-bond donors (Lipinski definition) is 0. The second kappa shape index (κ2) is 10.3. The minimum atomic E-state index is -0.584. The number of amides is 1. The number of benzene rings is 1. The molecule has 1 aliphatic heterocycles. The van der Waals surface area contributed by atoms with E-state index in [9.17, 15) is 10.1 Å². The zero-order valence-electron chi connectivity index (χ0n) is 22.0. The Kier molecular flexibility index (Phi) is 6.99. The Bertz CT molecular complexity index is 1610. The molecule has 39 heavy (non-hydrogen) atoms. The molecule has 1 fully saturated rings. The van der Waals surface area contributed by atoms with Crippen molar-refractivity contribution >= 4 is 38.9 Å². The number of hydrogen-bond acceptors (Lipinski definition) is 7. The van der Waals surface area contributed by atoms with E-state index >= 15 is 4.39 Å². The summed E-state index contributed by atoms with van der Waals surface area (Å²) >= 11 is 3.38. The predicted octanol–water partition coefficient (Wildman–Crippen LogP) is 5.70. The molecule has 3 aromatic heterocycles. The number of nitriles is 1. The summed E-state index contributed by atoms with van der Waals surface area (Å²) in [7, 11) is 0. The van der Waals surface area contributed by atoms with Crippen LogP contribution in [-0.2, 0) is 4.74 Å². The van der Waals surface area contributed by atoms with Gasteiger partial charge in [0.25, 0.3) is 0 Å². The highest BCUT2D eigenvalue weighted by atomic mass is 79.9. The summed E-state index contributed by atoms with van der Waals surface area (Å²) in [6.45, 7) is 8.93. The lowest BCUT2D eigenvalue weighted by Crippen LogP contribution is -2.54. The molecule has 0 saturated carbocycles. The maximum atomic E-state index is 15.1. The summed E-state index contributed by atoms with van der Waals surface area (Å²) in [6.07, 6.45) is 2.89. The second-order valence-electron chi connectivity index (χ2n) is 10.4. The smallest absolute Gasteiger partial charge is 0.410 e. The lowest BCUT2D eigenvalue weighted by molar-refractivity contribution is 0.0218. The first-order valence-electron chi connectivity index (χ1n) is 12.5. The number of anilines is 1. The van der Waals surface area contributed by atoms with E-state index in [1.165, 1.54) is 12.4 Å². The van der Waals surface area contributed by atoms with Gasteiger partial charge < -0.3 is 14.5 Å². The van der Waals surface area contributed by atoms with E-state index in [0.717, 1.165) is 0 Å². The zero-order chi connectivity index (χ0) is 27.9. The fourth-order valence-electron chi connectivity index (χ4n) is 4.76. The third-order valence-electron chi connectivity index (χ3n) is 6.43. The summed E-state index contributed by atoms with van der Waals surface area (Å²) < 4.78 is 22.9. The van der Waals surface area contributed by atoms with E-state index in [1.54, 1.807) is 46.0 Å². The molecule has 4 aromatic rings. The molecule has 1 saturated heterocycles. The van der Waals surface area contributed by atoms with E-state index in [2.05, 4.69) is 41.9 Å². The van der Waals surface area contributed by atoms with Crippen molar-refractivity contribution in [2.75, 3.05) is 24.5 Å². The van der Waals surface area contributed by atoms with Crippen LogP contribution in [0, 0.1) is 17.1 Å². The number of rotatable bonds is 3. The third-order valence-corrected chi connectivity index (χ3v) is 6.84. The molecule has 0 radical (unpaired) electrons. The highest BCUT2D eigenvalue weighted by molar-refractivity contribution is 9.10. The first-order chi connectivity index (χ1) is 18.6. The number of carbonyl (C=O) groups excluding carboxylic acids is 1. The van der Waals surface area contributed by atoms with Crippen molar-refractivity contribution < 1.29 is 13.9 Å². The molecule has 200 valence electrons. The van der Waals surface area contributed by atoms with Crippen molar-refractivity contribution in [1.82, 2.24) is 24.4 Å². The van der Waals surface area contributed by atoms with Crippen LogP contribution in [-0.4, -0.2) is 61.8 Å². The highest BCUT2D eigenvalue weighted by Gasteiger charge is 2.32. The fourth-order valence-corrected chi connectivity index (χ4v) is 5.19. The van der Waals surface area contributed by atoms with Gasteiger partial charge in [-0.15, -0.1) is 0 Å². The number of carbonyl (C=O) groups is 1. The van der Waals surface area contributed by atoms with Gasteiger partial charge in [-0.3, -0.25) is 4.57 Å². The van der Waals surface area contributed by atoms with Gasteiger partial charge in [-0.2, -0.15) is 5.26 Å². The predicted molar refractivity (Wildman–Crippen MR) is 149 cm³/mol. The minimum Gasteiger partial charge on any atom is -0.444 e. The number of halogens is 2. The molecule has 0 bridgehead atoms. The van der Waals surface area contributed by atoms with Crippen molar-refractivity contribution in [3.8, 4) is 23.0 Å². The number of nitrogens with zero attached hydrogens (tertiary/aromatic N) is 7. The summed E-state index contributed by atoms with van der Waals surface area (Å²) in [5.74, 6) is 0.707. The average molecular weight is 592 g/mol. The second-order valence-corrected chi connectivity index (χ2v) is 11.2. The van der Waals surface area contributed by atoms with Gasteiger partial charge in [0, 0.05) is 43.0 Å². The molecule has 4 heterocycles. The minimum absolute atomic E-state index is 0.102. The maximum Gasteiger partial charge on any atom is 0.410 e.